The van der Waals surface area contributed by atoms with E-state index in [4.69, 9.17) is 16.3 Å². The van der Waals surface area contributed by atoms with Crippen molar-refractivity contribution < 1.29 is 9.53 Å². The van der Waals surface area contributed by atoms with Crippen molar-refractivity contribution in [3.8, 4) is 11.3 Å². The van der Waals surface area contributed by atoms with Crippen molar-refractivity contribution in [1.82, 2.24) is 10.3 Å². The molecule has 0 aliphatic heterocycles. The lowest BCUT2D eigenvalue weighted by Crippen LogP contribution is -2.35. The molecule has 0 bridgehead atoms. The summed E-state index contributed by atoms with van der Waals surface area (Å²) in [6.45, 7) is 5.52. The molecule has 0 spiro atoms. The Morgan fingerprint density at radius 3 is 2.32 bits per heavy atom. The molecule has 2 aromatic carbocycles. The number of benzene rings is 2. The van der Waals surface area contributed by atoms with E-state index in [9.17, 15) is 4.79 Å². The van der Waals surface area contributed by atoms with Gasteiger partial charge in [-0.3, -0.25) is 4.98 Å². The first kappa shape index (κ1) is 19.9. The van der Waals surface area contributed by atoms with Crippen LogP contribution in [0.1, 0.15) is 37.9 Å². The van der Waals surface area contributed by atoms with E-state index >= 15 is 0 Å². The van der Waals surface area contributed by atoms with E-state index in [1.807, 2.05) is 87.5 Å². The van der Waals surface area contributed by atoms with E-state index in [-0.39, 0.29) is 0 Å². The van der Waals surface area contributed by atoms with Crippen molar-refractivity contribution in [2.24, 2.45) is 0 Å². The first-order valence-electron chi connectivity index (χ1n) is 9.09. The quantitative estimate of drug-likeness (QED) is 0.589. The number of pyridine rings is 1. The molecular weight excluding hydrogens is 372 g/mol. The molecule has 1 N–H and O–H groups in total. The van der Waals surface area contributed by atoms with E-state index in [1.54, 1.807) is 6.20 Å². The van der Waals surface area contributed by atoms with E-state index < -0.39 is 17.7 Å². The molecule has 0 aliphatic rings. The number of aromatic nitrogens is 1. The van der Waals surface area contributed by atoms with E-state index in [2.05, 4.69) is 10.3 Å². The van der Waals surface area contributed by atoms with E-state index in [1.165, 1.54) is 0 Å². The molecule has 0 fully saturated rings. The molecule has 28 heavy (non-hydrogen) atoms. The standard InChI is InChI=1S/C23H23ClN2O2/c1-23(2,3)28-22(27)26-21(16-11-13-17(24)14-12-16)19-9-5-4-8-18(19)20-10-6-7-15-25-20/h4-15,21H,1-3H3,(H,26,27). The molecule has 3 rings (SSSR count). The van der Waals surface area contributed by atoms with Crippen LogP contribution >= 0.6 is 11.6 Å². The highest BCUT2D eigenvalue weighted by Gasteiger charge is 2.24. The molecule has 0 saturated carbocycles. The maximum Gasteiger partial charge on any atom is 0.408 e. The Labute approximate surface area is 170 Å². The highest BCUT2D eigenvalue weighted by atomic mass is 35.5. The van der Waals surface area contributed by atoms with Crippen LogP contribution in [-0.4, -0.2) is 16.7 Å². The molecular formula is C23H23ClN2O2. The Balaban J connectivity index is 2.05. The molecule has 1 aromatic heterocycles. The second-order valence-corrected chi connectivity index (χ2v) is 7.87. The largest absolute Gasteiger partial charge is 0.444 e. The van der Waals surface area contributed by atoms with Crippen LogP contribution in [0.15, 0.2) is 72.9 Å². The third-order valence-electron chi connectivity index (χ3n) is 4.08. The number of amides is 1. The van der Waals surface area contributed by atoms with Gasteiger partial charge in [0.15, 0.2) is 0 Å². The minimum Gasteiger partial charge on any atom is -0.444 e. The average Bonchev–Trinajstić information content (AvgIpc) is 2.66. The highest BCUT2D eigenvalue weighted by Crippen LogP contribution is 2.31. The summed E-state index contributed by atoms with van der Waals surface area (Å²) in [5, 5.41) is 3.64. The Kier molecular flexibility index (Phi) is 6.00. The summed E-state index contributed by atoms with van der Waals surface area (Å²) in [5.74, 6) is 0. The summed E-state index contributed by atoms with van der Waals surface area (Å²) in [6.07, 6.45) is 1.27. The fourth-order valence-electron chi connectivity index (χ4n) is 2.93. The maximum absolute atomic E-state index is 12.6. The van der Waals surface area contributed by atoms with Crippen LogP contribution in [0.25, 0.3) is 11.3 Å². The SMILES string of the molecule is CC(C)(C)OC(=O)NC(c1ccc(Cl)cc1)c1ccccc1-c1ccccn1. The number of carbonyl (C=O) groups excluding carboxylic acids is 1. The Bertz CT molecular complexity index is 935. The van der Waals surface area contributed by atoms with Gasteiger partial charge in [0.25, 0.3) is 0 Å². The van der Waals surface area contributed by atoms with Gasteiger partial charge in [-0.1, -0.05) is 54.1 Å². The monoisotopic (exact) mass is 394 g/mol. The van der Waals surface area contributed by atoms with Crippen molar-refractivity contribution in [1.29, 1.82) is 0 Å². The van der Waals surface area contributed by atoms with Crippen molar-refractivity contribution in [3.63, 3.8) is 0 Å². The van der Waals surface area contributed by atoms with Crippen molar-refractivity contribution in [2.45, 2.75) is 32.4 Å². The van der Waals surface area contributed by atoms with Gasteiger partial charge in [-0.05, 0) is 56.2 Å². The molecule has 1 atom stereocenters. The number of ether oxygens (including phenoxy) is 1. The molecule has 1 unspecified atom stereocenters. The van der Waals surface area contributed by atoms with Gasteiger partial charge in [0.2, 0.25) is 0 Å². The smallest absolute Gasteiger partial charge is 0.408 e. The first-order valence-corrected chi connectivity index (χ1v) is 9.46. The van der Waals surface area contributed by atoms with Crippen LogP contribution < -0.4 is 5.32 Å². The van der Waals surface area contributed by atoms with Crippen LogP contribution in [0, 0.1) is 0 Å². The molecule has 1 heterocycles. The van der Waals surface area contributed by atoms with Gasteiger partial charge in [-0.25, -0.2) is 4.79 Å². The lowest BCUT2D eigenvalue weighted by atomic mass is 9.93. The van der Waals surface area contributed by atoms with Gasteiger partial charge < -0.3 is 10.1 Å². The molecule has 0 saturated heterocycles. The zero-order valence-corrected chi connectivity index (χ0v) is 16.9. The maximum atomic E-state index is 12.6. The summed E-state index contributed by atoms with van der Waals surface area (Å²) in [4.78, 5) is 17.0. The number of nitrogens with one attached hydrogen (secondary N) is 1. The molecule has 5 heteroatoms. The number of hydrogen-bond acceptors (Lipinski definition) is 3. The number of halogens is 1. The minimum absolute atomic E-state index is 0.412. The summed E-state index contributed by atoms with van der Waals surface area (Å²) in [6, 6.07) is 20.7. The normalized spacial score (nSPS) is 12.3. The molecule has 3 aromatic rings. The summed E-state index contributed by atoms with van der Waals surface area (Å²) in [7, 11) is 0. The topological polar surface area (TPSA) is 51.2 Å². The average molecular weight is 395 g/mol. The number of hydrogen-bond donors (Lipinski definition) is 1. The predicted octanol–water partition coefficient (Wildman–Crippen LogP) is 6.02. The number of carbonyl (C=O) groups is 1. The van der Waals surface area contributed by atoms with Gasteiger partial charge in [0.05, 0.1) is 11.7 Å². The van der Waals surface area contributed by atoms with Gasteiger partial charge in [0.1, 0.15) is 5.60 Å². The van der Waals surface area contributed by atoms with Crippen molar-refractivity contribution >= 4 is 17.7 Å². The van der Waals surface area contributed by atoms with Gasteiger partial charge in [-0.15, -0.1) is 0 Å². The molecule has 0 radical (unpaired) electrons. The van der Waals surface area contributed by atoms with Crippen LogP contribution in [0.3, 0.4) is 0 Å². The predicted molar refractivity (Wildman–Crippen MR) is 112 cm³/mol. The Morgan fingerprint density at radius 1 is 1.00 bits per heavy atom. The van der Waals surface area contributed by atoms with E-state index in [0.29, 0.717) is 5.02 Å². The molecule has 0 aliphatic carbocycles. The van der Waals surface area contributed by atoms with Crippen LogP contribution in [-0.2, 0) is 4.74 Å². The van der Waals surface area contributed by atoms with Crippen LogP contribution in [0.4, 0.5) is 4.79 Å². The molecule has 144 valence electrons. The Morgan fingerprint density at radius 2 is 1.68 bits per heavy atom. The number of rotatable bonds is 4. The first-order chi connectivity index (χ1) is 13.3. The van der Waals surface area contributed by atoms with Crippen LogP contribution in [0.2, 0.25) is 5.02 Å². The second-order valence-electron chi connectivity index (χ2n) is 7.43. The lowest BCUT2D eigenvalue weighted by Gasteiger charge is -2.25. The molecule has 4 nitrogen and oxygen atoms in total. The second kappa shape index (κ2) is 8.44. The van der Waals surface area contributed by atoms with Gasteiger partial charge in [-0.2, -0.15) is 0 Å². The third kappa shape index (κ3) is 5.11. The van der Waals surface area contributed by atoms with Crippen molar-refractivity contribution in [3.05, 3.63) is 89.1 Å². The van der Waals surface area contributed by atoms with Gasteiger partial charge >= 0.3 is 6.09 Å². The summed E-state index contributed by atoms with van der Waals surface area (Å²) < 4.78 is 5.49. The Hall–Kier alpha value is -2.85. The summed E-state index contributed by atoms with van der Waals surface area (Å²) >= 11 is 6.06. The minimum atomic E-state index is -0.588. The van der Waals surface area contributed by atoms with Gasteiger partial charge in [0, 0.05) is 16.8 Å². The summed E-state index contributed by atoms with van der Waals surface area (Å²) in [5.41, 5.74) is 3.02. The number of alkyl carbamates (subject to hydrolysis) is 1. The highest BCUT2D eigenvalue weighted by molar-refractivity contribution is 6.30. The fourth-order valence-corrected chi connectivity index (χ4v) is 3.05. The molecule has 1 amide bonds. The zero-order chi connectivity index (χ0) is 20.1. The lowest BCUT2D eigenvalue weighted by molar-refractivity contribution is 0.0512. The van der Waals surface area contributed by atoms with Crippen molar-refractivity contribution in [2.75, 3.05) is 0 Å². The zero-order valence-electron chi connectivity index (χ0n) is 16.1. The third-order valence-corrected chi connectivity index (χ3v) is 4.33. The van der Waals surface area contributed by atoms with E-state index in [0.717, 1.165) is 22.4 Å². The fraction of sp³-hybridized carbons (Fsp3) is 0.217. The van der Waals surface area contributed by atoms with Crippen LogP contribution in [0.5, 0.6) is 0 Å². The number of nitrogens with zero attached hydrogens (tertiary/aromatic N) is 1.